The number of likely N-dealkylation sites (N-methyl/N-ethyl adjacent to an activating group) is 1. The van der Waals surface area contributed by atoms with Crippen molar-refractivity contribution in [1.29, 1.82) is 0 Å². The fourth-order valence-corrected chi connectivity index (χ4v) is 4.66. The van der Waals surface area contributed by atoms with Crippen molar-refractivity contribution in [2.75, 3.05) is 42.9 Å². The van der Waals surface area contributed by atoms with Crippen LogP contribution in [-0.4, -0.2) is 58.0 Å². The number of hydrogen-bond acceptors (Lipinski definition) is 6. The number of piperidine rings is 1. The van der Waals surface area contributed by atoms with Gasteiger partial charge in [-0.1, -0.05) is 38.1 Å². The molecule has 3 aromatic rings. The molecule has 1 fully saturated rings. The summed E-state index contributed by atoms with van der Waals surface area (Å²) in [7, 11) is 0. The predicted octanol–water partition coefficient (Wildman–Crippen LogP) is 4.14. The molecule has 0 saturated carbocycles. The van der Waals surface area contributed by atoms with E-state index in [0.717, 1.165) is 37.2 Å². The first-order valence-electron chi connectivity index (χ1n) is 12.0. The number of nitro benzene ring substituents is 1. The molecule has 1 saturated heterocycles. The number of fused-ring (bicyclic) bond motifs is 1. The lowest BCUT2D eigenvalue weighted by Gasteiger charge is -2.32. The first-order valence-corrected chi connectivity index (χ1v) is 12.0. The third kappa shape index (κ3) is 5.04. The highest BCUT2D eigenvalue weighted by molar-refractivity contribution is 5.93. The Hall–Kier alpha value is -3.46. The smallest absolute Gasteiger partial charge is 0.292 e. The van der Waals surface area contributed by atoms with Crippen molar-refractivity contribution >= 4 is 34.3 Å². The molecular weight excluding hydrogens is 432 g/mol. The van der Waals surface area contributed by atoms with Crippen molar-refractivity contribution < 1.29 is 9.72 Å². The Morgan fingerprint density at radius 3 is 2.50 bits per heavy atom. The Labute approximate surface area is 199 Å². The lowest BCUT2D eigenvalue weighted by atomic mass is 9.95. The van der Waals surface area contributed by atoms with Crippen LogP contribution < -0.4 is 10.2 Å². The van der Waals surface area contributed by atoms with E-state index in [4.69, 9.17) is 4.98 Å². The minimum Gasteiger partial charge on any atom is -0.366 e. The molecule has 0 spiro atoms. The summed E-state index contributed by atoms with van der Waals surface area (Å²) in [6.07, 6.45) is 1.27. The maximum Gasteiger partial charge on any atom is 0.292 e. The standard InChI is InChI=1S/C25H32N6O3/c1-3-28(4-2)17-18-30-21-10-6-5-9-20(21)26-25(30)27-24(32)19-13-15-29(16-14-19)22-11-7-8-12-23(22)31(33)34/h5-12,19H,3-4,13-18H2,1-2H3,(H,26,27,32). The van der Waals surface area contributed by atoms with Gasteiger partial charge >= 0.3 is 0 Å². The van der Waals surface area contributed by atoms with Crippen LogP contribution in [0.3, 0.4) is 0 Å². The molecule has 2 aromatic carbocycles. The van der Waals surface area contributed by atoms with E-state index in [0.29, 0.717) is 37.6 Å². The van der Waals surface area contributed by atoms with E-state index < -0.39 is 0 Å². The topological polar surface area (TPSA) is 96.5 Å². The third-order valence-electron chi connectivity index (χ3n) is 6.71. The number of nitrogens with zero attached hydrogens (tertiary/aromatic N) is 5. The van der Waals surface area contributed by atoms with Gasteiger partial charge < -0.3 is 14.4 Å². The van der Waals surface area contributed by atoms with Crippen LogP contribution in [0.15, 0.2) is 48.5 Å². The van der Waals surface area contributed by atoms with Crippen molar-refractivity contribution in [3.05, 3.63) is 58.6 Å². The van der Waals surface area contributed by atoms with Crippen LogP contribution in [0.5, 0.6) is 0 Å². The molecule has 4 rings (SSSR count). The van der Waals surface area contributed by atoms with E-state index in [-0.39, 0.29) is 22.4 Å². The number of hydrogen-bond donors (Lipinski definition) is 1. The van der Waals surface area contributed by atoms with Crippen LogP contribution in [-0.2, 0) is 11.3 Å². The molecule has 1 aliphatic rings. The number of benzene rings is 2. The Morgan fingerprint density at radius 2 is 1.79 bits per heavy atom. The molecule has 34 heavy (non-hydrogen) atoms. The van der Waals surface area contributed by atoms with Crippen molar-refractivity contribution in [3.63, 3.8) is 0 Å². The zero-order valence-corrected chi connectivity index (χ0v) is 19.8. The highest BCUT2D eigenvalue weighted by Gasteiger charge is 2.29. The molecule has 1 amide bonds. The number of nitro groups is 1. The van der Waals surface area contributed by atoms with Crippen molar-refractivity contribution in [3.8, 4) is 0 Å². The number of anilines is 2. The molecule has 0 aliphatic carbocycles. The van der Waals surface area contributed by atoms with Crippen LogP contribution >= 0.6 is 0 Å². The zero-order chi connectivity index (χ0) is 24.1. The highest BCUT2D eigenvalue weighted by Crippen LogP contribution is 2.31. The van der Waals surface area contributed by atoms with Crippen LogP contribution in [0.1, 0.15) is 26.7 Å². The maximum atomic E-state index is 13.2. The number of para-hydroxylation sites is 4. The van der Waals surface area contributed by atoms with Gasteiger partial charge in [0.05, 0.1) is 16.0 Å². The van der Waals surface area contributed by atoms with Crippen LogP contribution in [0.25, 0.3) is 11.0 Å². The molecule has 9 nitrogen and oxygen atoms in total. The predicted molar refractivity (Wildman–Crippen MR) is 134 cm³/mol. The fraction of sp³-hybridized carbons (Fsp3) is 0.440. The van der Waals surface area contributed by atoms with Gasteiger partial charge in [-0.2, -0.15) is 0 Å². The first-order chi connectivity index (χ1) is 16.5. The van der Waals surface area contributed by atoms with Crippen LogP contribution in [0.4, 0.5) is 17.3 Å². The number of aromatic nitrogens is 2. The van der Waals surface area contributed by atoms with Crippen molar-refractivity contribution in [2.45, 2.75) is 33.2 Å². The molecule has 1 aromatic heterocycles. The van der Waals surface area contributed by atoms with E-state index >= 15 is 0 Å². The minimum atomic E-state index is -0.350. The normalized spacial score (nSPS) is 14.6. The van der Waals surface area contributed by atoms with Gasteiger partial charge in [0.1, 0.15) is 5.69 Å². The average molecular weight is 465 g/mol. The summed E-state index contributed by atoms with van der Waals surface area (Å²) in [5.41, 5.74) is 2.59. The van der Waals surface area contributed by atoms with E-state index in [9.17, 15) is 14.9 Å². The van der Waals surface area contributed by atoms with Gasteiger partial charge in [0.2, 0.25) is 11.9 Å². The van der Waals surface area contributed by atoms with Crippen LogP contribution in [0, 0.1) is 16.0 Å². The Kier molecular flexibility index (Phi) is 7.42. The van der Waals surface area contributed by atoms with Crippen molar-refractivity contribution in [2.24, 2.45) is 5.92 Å². The Balaban J connectivity index is 1.45. The molecule has 180 valence electrons. The first kappa shape index (κ1) is 23.7. The monoisotopic (exact) mass is 464 g/mol. The Morgan fingerprint density at radius 1 is 1.12 bits per heavy atom. The summed E-state index contributed by atoms with van der Waals surface area (Å²) in [4.78, 5) is 33.2. The van der Waals surface area contributed by atoms with E-state index in [1.165, 1.54) is 6.07 Å². The molecule has 1 N–H and O–H groups in total. The molecule has 0 unspecified atom stereocenters. The van der Waals surface area contributed by atoms with Gasteiger partial charge in [0, 0.05) is 38.2 Å². The van der Waals surface area contributed by atoms with Gasteiger partial charge in [-0.3, -0.25) is 20.2 Å². The molecule has 0 radical (unpaired) electrons. The van der Waals surface area contributed by atoms with E-state index in [1.807, 2.05) is 35.2 Å². The van der Waals surface area contributed by atoms with E-state index in [2.05, 4.69) is 28.6 Å². The second kappa shape index (κ2) is 10.6. The number of rotatable bonds is 9. The third-order valence-corrected chi connectivity index (χ3v) is 6.71. The second-order valence-electron chi connectivity index (χ2n) is 8.60. The second-order valence-corrected chi connectivity index (χ2v) is 8.60. The largest absolute Gasteiger partial charge is 0.366 e. The maximum absolute atomic E-state index is 13.2. The summed E-state index contributed by atoms with van der Waals surface area (Å²) in [5.74, 6) is 0.385. The lowest BCUT2D eigenvalue weighted by molar-refractivity contribution is -0.384. The molecule has 2 heterocycles. The average Bonchev–Trinajstić information content (AvgIpc) is 3.21. The zero-order valence-electron chi connectivity index (χ0n) is 19.8. The SMILES string of the molecule is CCN(CC)CCn1c(NC(=O)C2CCN(c3ccccc3[N+](=O)[O-])CC2)nc2ccccc21. The van der Waals surface area contributed by atoms with Crippen LogP contribution in [0.2, 0.25) is 0 Å². The molecule has 9 heteroatoms. The molecule has 1 aliphatic heterocycles. The van der Waals surface area contributed by atoms with Gasteiger partial charge in [0.15, 0.2) is 0 Å². The minimum absolute atomic E-state index is 0.0402. The Bertz CT molecular complexity index is 1150. The summed E-state index contributed by atoms with van der Waals surface area (Å²) in [6.45, 7) is 9.07. The quantitative estimate of drug-likeness (QED) is 0.378. The molecule has 0 bridgehead atoms. The van der Waals surface area contributed by atoms with Gasteiger partial charge in [-0.15, -0.1) is 0 Å². The van der Waals surface area contributed by atoms with Gasteiger partial charge in [-0.05, 0) is 44.1 Å². The van der Waals surface area contributed by atoms with E-state index in [1.54, 1.807) is 12.1 Å². The summed E-state index contributed by atoms with van der Waals surface area (Å²) >= 11 is 0. The summed E-state index contributed by atoms with van der Waals surface area (Å²) < 4.78 is 2.09. The molecular formula is C25H32N6O3. The summed E-state index contributed by atoms with van der Waals surface area (Å²) in [5, 5.41) is 14.5. The highest BCUT2D eigenvalue weighted by atomic mass is 16.6. The number of carbonyl (C=O) groups is 1. The molecule has 0 atom stereocenters. The van der Waals surface area contributed by atoms with Gasteiger partial charge in [0.25, 0.3) is 5.69 Å². The summed E-state index contributed by atoms with van der Waals surface area (Å²) in [6, 6.07) is 14.7. The number of nitrogens with one attached hydrogen (secondary N) is 1. The number of carbonyl (C=O) groups excluding carboxylic acids is 1. The fourth-order valence-electron chi connectivity index (χ4n) is 4.66. The number of amides is 1. The lowest BCUT2D eigenvalue weighted by Crippen LogP contribution is -2.38. The number of imidazole rings is 1. The van der Waals surface area contributed by atoms with Crippen molar-refractivity contribution in [1.82, 2.24) is 14.5 Å². The van der Waals surface area contributed by atoms with Gasteiger partial charge in [-0.25, -0.2) is 4.98 Å².